The quantitative estimate of drug-likeness (QED) is 0.425. The fraction of sp³-hybridized carbons (Fsp3) is 0.174. The van der Waals surface area contributed by atoms with Crippen molar-refractivity contribution in [3.63, 3.8) is 0 Å². The number of aryl methyl sites for hydroxylation is 3. The minimum absolute atomic E-state index is 0.0641. The Kier molecular flexibility index (Phi) is 5.79. The van der Waals surface area contributed by atoms with Gasteiger partial charge in [0.15, 0.2) is 0 Å². The molecule has 4 rings (SSSR count). The van der Waals surface area contributed by atoms with Crippen LogP contribution in [0.1, 0.15) is 18.3 Å². The number of benzene rings is 3. The molecule has 1 heterocycles. The lowest BCUT2D eigenvalue weighted by atomic mass is 10.1. The highest BCUT2D eigenvalue weighted by atomic mass is 35.5. The number of anilines is 1. The van der Waals surface area contributed by atoms with Gasteiger partial charge in [-0.25, -0.2) is 13.4 Å². The number of nitrogens with zero attached hydrogens (tertiary/aromatic N) is 2. The topological polar surface area (TPSA) is 64.0 Å². The molecule has 4 aromatic rings. The van der Waals surface area contributed by atoms with E-state index in [1.165, 1.54) is 6.07 Å². The Morgan fingerprint density at radius 1 is 0.933 bits per heavy atom. The Hall–Kier alpha value is -2.83. The second-order valence-corrected chi connectivity index (χ2v) is 9.01. The van der Waals surface area contributed by atoms with Gasteiger partial charge in [-0.1, -0.05) is 54.1 Å². The number of fused-ring (bicyclic) bond motifs is 1. The SMILES string of the molecule is CCn1c(CCc2ccccc2NS(=O)(=O)c2ccccc2Cl)nc2ccccc21. The van der Waals surface area contributed by atoms with Crippen LogP contribution in [0.25, 0.3) is 11.0 Å². The summed E-state index contributed by atoms with van der Waals surface area (Å²) in [6.45, 7) is 2.93. The van der Waals surface area contributed by atoms with E-state index in [0.717, 1.165) is 29.0 Å². The highest BCUT2D eigenvalue weighted by Crippen LogP contribution is 2.26. The van der Waals surface area contributed by atoms with Crippen molar-refractivity contribution >= 4 is 38.3 Å². The van der Waals surface area contributed by atoms with Gasteiger partial charge in [0.25, 0.3) is 10.0 Å². The first kappa shape index (κ1) is 20.4. The number of rotatable bonds is 7. The van der Waals surface area contributed by atoms with Gasteiger partial charge in [0.2, 0.25) is 0 Å². The maximum absolute atomic E-state index is 12.9. The number of sulfonamides is 1. The van der Waals surface area contributed by atoms with E-state index < -0.39 is 10.0 Å². The molecular weight excluding hydrogens is 418 g/mol. The molecule has 1 N–H and O–H groups in total. The van der Waals surface area contributed by atoms with Gasteiger partial charge >= 0.3 is 0 Å². The van der Waals surface area contributed by atoms with Gasteiger partial charge in [-0.2, -0.15) is 0 Å². The number of imidazole rings is 1. The van der Waals surface area contributed by atoms with Gasteiger partial charge in [0, 0.05) is 13.0 Å². The Bertz CT molecular complexity index is 1300. The van der Waals surface area contributed by atoms with Crippen molar-refractivity contribution < 1.29 is 8.42 Å². The molecule has 0 fully saturated rings. The summed E-state index contributed by atoms with van der Waals surface area (Å²) in [5, 5.41) is 0.194. The summed E-state index contributed by atoms with van der Waals surface area (Å²) >= 11 is 6.10. The van der Waals surface area contributed by atoms with E-state index in [9.17, 15) is 8.42 Å². The van der Waals surface area contributed by atoms with Crippen LogP contribution in [0.15, 0.2) is 77.7 Å². The number of nitrogens with one attached hydrogen (secondary N) is 1. The summed E-state index contributed by atoms with van der Waals surface area (Å²) < 4.78 is 30.6. The summed E-state index contributed by atoms with van der Waals surface area (Å²) in [5.74, 6) is 0.988. The standard InChI is InChI=1S/C23H22ClN3O2S/c1-2-27-21-13-7-6-12-20(21)25-23(27)16-15-17-9-3-5-11-19(17)26-30(28,29)22-14-8-4-10-18(22)24/h3-14,26H,2,15-16H2,1H3. The maximum Gasteiger partial charge on any atom is 0.263 e. The minimum atomic E-state index is -3.79. The van der Waals surface area contributed by atoms with Crippen molar-refractivity contribution in [3.05, 3.63) is 89.2 Å². The molecule has 0 unspecified atom stereocenters. The highest BCUT2D eigenvalue weighted by Gasteiger charge is 2.19. The highest BCUT2D eigenvalue weighted by molar-refractivity contribution is 7.92. The molecule has 1 aromatic heterocycles. The third-order valence-electron chi connectivity index (χ3n) is 5.06. The van der Waals surface area contributed by atoms with E-state index in [4.69, 9.17) is 16.6 Å². The van der Waals surface area contributed by atoms with Gasteiger partial charge < -0.3 is 4.57 Å². The third kappa shape index (κ3) is 4.06. The van der Waals surface area contributed by atoms with Gasteiger partial charge in [-0.05, 0) is 49.2 Å². The molecule has 7 heteroatoms. The Morgan fingerprint density at radius 2 is 1.63 bits per heavy atom. The molecule has 0 saturated carbocycles. The van der Waals surface area contributed by atoms with E-state index in [-0.39, 0.29) is 9.92 Å². The first-order chi connectivity index (χ1) is 14.5. The molecular formula is C23H22ClN3O2S. The van der Waals surface area contributed by atoms with Gasteiger partial charge in [-0.3, -0.25) is 4.72 Å². The zero-order valence-corrected chi connectivity index (χ0v) is 18.1. The molecule has 0 spiro atoms. The van der Waals surface area contributed by atoms with Crippen LogP contribution >= 0.6 is 11.6 Å². The van der Waals surface area contributed by atoms with Gasteiger partial charge in [0.1, 0.15) is 10.7 Å². The number of hydrogen-bond donors (Lipinski definition) is 1. The summed E-state index contributed by atoms with van der Waals surface area (Å²) in [4.78, 5) is 4.83. The van der Waals surface area contributed by atoms with Crippen LogP contribution in [0.3, 0.4) is 0 Å². The largest absolute Gasteiger partial charge is 0.328 e. The fourth-order valence-corrected chi connectivity index (χ4v) is 5.24. The molecule has 3 aromatic carbocycles. The van der Waals surface area contributed by atoms with Crippen LogP contribution in [0, 0.1) is 0 Å². The van der Waals surface area contributed by atoms with Crippen molar-refractivity contribution in [2.24, 2.45) is 0 Å². The second kappa shape index (κ2) is 8.50. The number of hydrogen-bond acceptors (Lipinski definition) is 3. The zero-order valence-electron chi connectivity index (χ0n) is 16.5. The van der Waals surface area contributed by atoms with Crippen LogP contribution in [0.5, 0.6) is 0 Å². The summed E-state index contributed by atoms with van der Waals surface area (Å²) in [5.41, 5.74) is 3.55. The van der Waals surface area contributed by atoms with E-state index in [0.29, 0.717) is 18.5 Å². The first-order valence-electron chi connectivity index (χ1n) is 9.79. The third-order valence-corrected chi connectivity index (χ3v) is 6.92. The van der Waals surface area contributed by atoms with Crippen LogP contribution < -0.4 is 4.72 Å². The first-order valence-corrected chi connectivity index (χ1v) is 11.6. The Morgan fingerprint density at radius 3 is 2.43 bits per heavy atom. The van der Waals surface area contributed by atoms with E-state index in [1.54, 1.807) is 24.3 Å². The number of halogens is 1. The van der Waals surface area contributed by atoms with Gasteiger partial charge in [0.05, 0.1) is 21.7 Å². The van der Waals surface area contributed by atoms with Gasteiger partial charge in [-0.15, -0.1) is 0 Å². The Balaban J connectivity index is 1.60. The predicted octanol–water partition coefficient (Wildman–Crippen LogP) is 5.30. The molecule has 0 aliphatic heterocycles. The molecule has 0 aliphatic rings. The van der Waals surface area contributed by atoms with Crippen molar-refractivity contribution in [2.75, 3.05) is 4.72 Å². The molecule has 5 nitrogen and oxygen atoms in total. The molecule has 0 saturated heterocycles. The lowest BCUT2D eigenvalue weighted by Crippen LogP contribution is -2.15. The molecule has 0 atom stereocenters. The smallest absolute Gasteiger partial charge is 0.263 e. The molecule has 30 heavy (non-hydrogen) atoms. The monoisotopic (exact) mass is 439 g/mol. The fourth-order valence-electron chi connectivity index (χ4n) is 3.62. The molecule has 0 aliphatic carbocycles. The van der Waals surface area contributed by atoms with Crippen molar-refractivity contribution in [1.29, 1.82) is 0 Å². The lowest BCUT2D eigenvalue weighted by molar-refractivity contribution is 0.601. The molecule has 0 radical (unpaired) electrons. The zero-order chi connectivity index (χ0) is 21.1. The van der Waals surface area contributed by atoms with E-state index >= 15 is 0 Å². The number of para-hydroxylation sites is 3. The van der Waals surface area contributed by atoms with Crippen molar-refractivity contribution in [2.45, 2.75) is 31.2 Å². The summed E-state index contributed by atoms with van der Waals surface area (Å²) in [6, 6.07) is 21.9. The predicted molar refractivity (Wildman–Crippen MR) is 122 cm³/mol. The molecule has 0 amide bonds. The average Bonchev–Trinajstić information content (AvgIpc) is 3.10. The number of aromatic nitrogens is 2. The van der Waals surface area contributed by atoms with Crippen LogP contribution in [-0.4, -0.2) is 18.0 Å². The van der Waals surface area contributed by atoms with E-state index in [2.05, 4.69) is 22.3 Å². The van der Waals surface area contributed by atoms with Crippen LogP contribution in [0.2, 0.25) is 5.02 Å². The van der Waals surface area contributed by atoms with E-state index in [1.807, 2.05) is 36.4 Å². The van der Waals surface area contributed by atoms with Crippen molar-refractivity contribution in [1.82, 2.24) is 9.55 Å². The molecule has 0 bridgehead atoms. The normalized spacial score (nSPS) is 11.7. The second-order valence-electron chi connectivity index (χ2n) is 6.95. The van der Waals surface area contributed by atoms with Crippen LogP contribution in [-0.2, 0) is 29.4 Å². The minimum Gasteiger partial charge on any atom is -0.328 e. The van der Waals surface area contributed by atoms with Crippen LogP contribution in [0.4, 0.5) is 5.69 Å². The average molecular weight is 440 g/mol. The Labute approximate surface area is 181 Å². The lowest BCUT2D eigenvalue weighted by Gasteiger charge is -2.14. The maximum atomic E-state index is 12.9. The molecule has 154 valence electrons. The summed E-state index contributed by atoms with van der Waals surface area (Å²) in [6.07, 6.45) is 1.36. The van der Waals surface area contributed by atoms with Crippen molar-refractivity contribution in [3.8, 4) is 0 Å². The summed E-state index contributed by atoms with van der Waals surface area (Å²) in [7, 11) is -3.79.